The Bertz CT molecular complexity index is 4140. The zero-order valence-electron chi connectivity index (χ0n) is 39.7. The molecule has 1 atom stereocenters. The highest BCUT2D eigenvalue weighted by Gasteiger charge is 2.51. The van der Waals surface area contributed by atoms with Crippen LogP contribution in [0, 0.1) is 0 Å². The van der Waals surface area contributed by atoms with Crippen molar-refractivity contribution in [2.24, 2.45) is 5.10 Å². The smallest absolute Gasteiger partial charge is 0.240 e. The number of aromatic nitrogens is 1. The third-order valence-electron chi connectivity index (χ3n) is 15.6. The van der Waals surface area contributed by atoms with Gasteiger partial charge in [-0.1, -0.05) is 212 Å². The molecule has 12 aromatic rings. The highest BCUT2D eigenvalue weighted by molar-refractivity contribution is 6.11. The number of ether oxygens (including phenoxy) is 1. The summed E-state index contributed by atoms with van der Waals surface area (Å²) in [5.41, 5.74) is 28.4. The molecule has 0 fully saturated rings. The van der Waals surface area contributed by atoms with Crippen molar-refractivity contribution in [1.29, 1.82) is 0 Å². The topological polar surface area (TPSA) is 38.5 Å². The number of nitrogens with zero attached hydrogens (tertiary/aromatic N) is 2. The fraction of sp³-hybridized carbons (Fsp3) is 0.0290. The van der Waals surface area contributed by atoms with Crippen LogP contribution in [-0.2, 0) is 10.2 Å². The number of hydrogen-bond acceptors (Lipinski definition) is 3. The van der Waals surface area contributed by atoms with Crippen molar-refractivity contribution in [2.75, 3.05) is 0 Å². The van der Waals surface area contributed by atoms with E-state index in [4.69, 9.17) is 4.74 Å². The Labute approximate surface area is 423 Å². The Kier molecular flexibility index (Phi) is 9.21. The van der Waals surface area contributed by atoms with Crippen molar-refractivity contribution in [3.05, 3.63) is 294 Å². The normalized spacial score (nSPS) is 14.6. The van der Waals surface area contributed by atoms with Crippen molar-refractivity contribution in [1.82, 2.24) is 9.99 Å². The lowest BCUT2D eigenvalue weighted by Gasteiger charge is -2.30. The summed E-state index contributed by atoms with van der Waals surface area (Å²) in [4.78, 5) is 0. The van der Waals surface area contributed by atoms with E-state index in [0.717, 1.165) is 27.9 Å². The molecule has 11 aromatic carbocycles. The average molecular weight is 932 g/mol. The van der Waals surface area contributed by atoms with Crippen LogP contribution in [0.15, 0.2) is 266 Å². The lowest BCUT2D eigenvalue weighted by molar-refractivity contribution is 0.192. The maximum atomic E-state index is 6.22. The molecule has 0 saturated carbocycles. The van der Waals surface area contributed by atoms with E-state index in [1.54, 1.807) is 0 Å². The Balaban J connectivity index is 0.770. The molecule has 1 spiro atoms. The molecule has 342 valence electrons. The van der Waals surface area contributed by atoms with E-state index in [9.17, 15) is 0 Å². The predicted molar refractivity (Wildman–Crippen MR) is 299 cm³/mol. The minimum atomic E-state index is -0.384. The van der Waals surface area contributed by atoms with Crippen LogP contribution in [0.1, 0.15) is 39.6 Å². The highest BCUT2D eigenvalue weighted by atomic mass is 16.5. The first kappa shape index (κ1) is 41.3. The first-order chi connectivity index (χ1) is 36.2. The summed E-state index contributed by atoms with van der Waals surface area (Å²) in [7, 11) is 0. The van der Waals surface area contributed by atoms with Gasteiger partial charge in [0.15, 0.2) is 0 Å². The molecule has 4 nitrogen and oxygen atoms in total. The molecular formula is C69H45N3O. The molecule has 0 saturated heterocycles. The van der Waals surface area contributed by atoms with E-state index in [2.05, 4.69) is 246 Å². The number of hydrazone groups is 1. The average Bonchev–Trinajstić information content (AvgIpc) is 4.25. The maximum Gasteiger partial charge on any atom is 0.240 e. The minimum Gasteiger partial charge on any atom is -0.446 e. The third kappa shape index (κ3) is 6.24. The van der Waals surface area contributed by atoms with Gasteiger partial charge < -0.3 is 9.30 Å². The quantitative estimate of drug-likeness (QED) is 0.173. The van der Waals surface area contributed by atoms with Crippen LogP contribution >= 0.6 is 0 Å². The van der Waals surface area contributed by atoms with E-state index in [1.165, 1.54) is 99.7 Å². The summed E-state index contributed by atoms with van der Waals surface area (Å²) in [6.45, 7) is 0. The number of para-hydroxylation sites is 1. The Morgan fingerprint density at radius 3 is 1.44 bits per heavy atom. The van der Waals surface area contributed by atoms with Crippen LogP contribution in [-0.4, -0.2) is 10.5 Å². The number of fused-ring (bicyclic) bond motifs is 13. The van der Waals surface area contributed by atoms with Crippen LogP contribution in [0.3, 0.4) is 0 Å². The molecule has 1 aliphatic heterocycles. The molecule has 2 heterocycles. The van der Waals surface area contributed by atoms with Gasteiger partial charge in [0.2, 0.25) is 12.1 Å². The summed E-state index contributed by atoms with van der Waals surface area (Å²) in [6, 6.07) is 95.3. The van der Waals surface area contributed by atoms with Gasteiger partial charge in [0.25, 0.3) is 0 Å². The summed E-state index contributed by atoms with van der Waals surface area (Å²) in [6.07, 6.45) is -0.346. The molecule has 0 amide bonds. The number of rotatable bonds is 7. The van der Waals surface area contributed by atoms with E-state index < -0.39 is 0 Å². The maximum absolute atomic E-state index is 6.22. The molecule has 4 heteroatoms. The molecule has 0 radical (unpaired) electrons. The van der Waals surface area contributed by atoms with E-state index in [-0.39, 0.29) is 11.6 Å². The number of benzene rings is 11. The van der Waals surface area contributed by atoms with Crippen molar-refractivity contribution in [2.45, 2.75) is 11.6 Å². The SMILES string of the molecule is c1ccc(C2=NNC(c3ccc(-c4ccccc4-c4ccccc4-c4ccc(-n5c6ccccc6c6cc(-c7ccc8c(c7)C7(c9ccccc9-c9ccccc97)c7ccccc7-8)ccc65)cc4)cc3)O2)cc1. The van der Waals surface area contributed by atoms with E-state index >= 15 is 0 Å². The van der Waals surface area contributed by atoms with E-state index in [0.29, 0.717) is 5.90 Å². The molecule has 15 rings (SSSR count). The van der Waals surface area contributed by atoms with Gasteiger partial charge in [0.1, 0.15) is 0 Å². The van der Waals surface area contributed by atoms with Crippen molar-refractivity contribution < 1.29 is 4.74 Å². The zero-order valence-corrected chi connectivity index (χ0v) is 39.7. The molecule has 1 N–H and O–H groups in total. The number of nitrogens with one attached hydrogen (secondary N) is 1. The molecule has 73 heavy (non-hydrogen) atoms. The van der Waals surface area contributed by atoms with Gasteiger partial charge in [0, 0.05) is 27.6 Å². The summed E-state index contributed by atoms with van der Waals surface area (Å²) >= 11 is 0. The largest absolute Gasteiger partial charge is 0.446 e. The third-order valence-corrected chi connectivity index (χ3v) is 15.6. The monoisotopic (exact) mass is 931 g/mol. The molecule has 3 aliphatic rings. The second kappa shape index (κ2) is 16.3. The van der Waals surface area contributed by atoms with Gasteiger partial charge in [-0.3, -0.25) is 5.43 Å². The molecule has 0 bridgehead atoms. The van der Waals surface area contributed by atoms with Crippen LogP contribution in [0.4, 0.5) is 0 Å². The molecule has 1 unspecified atom stereocenters. The lowest BCUT2D eigenvalue weighted by Crippen LogP contribution is -2.25. The molecular weight excluding hydrogens is 887 g/mol. The zero-order chi connectivity index (χ0) is 48.0. The fourth-order valence-corrected chi connectivity index (χ4v) is 12.4. The fourth-order valence-electron chi connectivity index (χ4n) is 12.4. The minimum absolute atomic E-state index is 0.346. The Morgan fingerprint density at radius 2 is 0.808 bits per heavy atom. The highest BCUT2D eigenvalue weighted by Crippen LogP contribution is 2.63. The summed E-state index contributed by atoms with van der Waals surface area (Å²) in [5.74, 6) is 0.600. The van der Waals surface area contributed by atoms with Gasteiger partial charge in [-0.2, -0.15) is 0 Å². The standard InChI is InChI=1S/C69H45N3O/c1-2-16-46(17-3-1)67-70-71-68(73-67)47-32-30-44(31-33-47)51-18-4-6-20-53(51)54-21-7-5-19-52(54)45-34-38-50(39-35-45)72-65-29-15-11-25-59(65)60-42-48(37-41-66(60)72)49-36-40-58-57-24-10-14-28-63(57)69(64(58)43-49)61-26-12-8-22-55(61)56-23-9-13-27-62(56)69/h1-43,68,71H. The molecule has 1 aromatic heterocycles. The lowest BCUT2D eigenvalue weighted by atomic mass is 9.70. The molecule has 2 aliphatic carbocycles. The first-order valence-corrected chi connectivity index (χ1v) is 25.1. The van der Waals surface area contributed by atoms with Gasteiger partial charge >= 0.3 is 0 Å². The van der Waals surface area contributed by atoms with Gasteiger partial charge in [-0.25, -0.2) is 0 Å². The van der Waals surface area contributed by atoms with Gasteiger partial charge in [-0.15, -0.1) is 5.10 Å². The Hall–Kier alpha value is -9.51. The van der Waals surface area contributed by atoms with Crippen LogP contribution in [0.25, 0.3) is 94.3 Å². The van der Waals surface area contributed by atoms with Crippen molar-refractivity contribution >= 4 is 27.7 Å². The van der Waals surface area contributed by atoms with Crippen LogP contribution < -0.4 is 5.43 Å². The van der Waals surface area contributed by atoms with Crippen LogP contribution in [0.2, 0.25) is 0 Å². The number of hydrogen-bond donors (Lipinski definition) is 1. The van der Waals surface area contributed by atoms with E-state index in [1.807, 2.05) is 30.3 Å². The predicted octanol–water partition coefficient (Wildman–Crippen LogP) is 16.8. The van der Waals surface area contributed by atoms with Crippen LogP contribution in [0.5, 0.6) is 0 Å². The van der Waals surface area contributed by atoms with Crippen molar-refractivity contribution in [3.8, 4) is 72.4 Å². The summed E-state index contributed by atoms with van der Waals surface area (Å²) < 4.78 is 8.64. The first-order valence-electron chi connectivity index (χ1n) is 25.1. The second-order valence-corrected chi connectivity index (χ2v) is 19.4. The Morgan fingerprint density at radius 1 is 0.342 bits per heavy atom. The van der Waals surface area contributed by atoms with Crippen molar-refractivity contribution in [3.63, 3.8) is 0 Å². The summed E-state index contributed by atoms with van der Waals surface area (Å²) in [5, 5.41) is 6.94. The van der Waals surface area contributed by atoms with Gasteiger partial charge in [-0.05, 0) is 138 Å². The van der Waals surface area contributed by atoms with Gasteiger partial charge in [0.05, 0.1) is 16.4 Å². The second-order valence-electron chi connectivity index (χ2n) is 19.4.